The molecule has 1 aromatic carbocycles. The van der Waals surface area contributed by atoms with Gasteiger partial charge >= 0.3 is 5.97 Å². The second kappa shape index (κ2) is 5.89. The molecule has 88 valence electrons. The van der Waals surface area contributed by atoms with Crippen molar-refractivity contribution in [2.24, 2.45) is 0 Å². The van der Waals surface area contributed by atoms with Crippen LogP contribution in [0.3, 0.4) is 0 Å². The van der Waals surface area contributed by atoms with E-state index in [2.05, 4.69) is 11.0 Å². The predicted octanol–water partition coefficient (Wildman–Crippen LogP) is 2.23. The molecule has 0 atom stereocenters. The number of allylic oxidation sites excluding steroid dienone is 2. The first-order valence-corrected chi connectivity index (χ1v) is 5.66. The maximum absolute atomic E-state index is 11.6. The SMILES string of the molecule is O=C(OCCN1C=CC=CC1)c1ccccc1. The maximum atomic E-state index is 11.6. The topological polar surface area (TPSA) is 29.5 Å². The molecule has 3 nitrogen and oxygen atoms in total. The molecule has 0 spiro atoms. The zero-order valence-electron chi connectivity index (χ0n) is 9.58. The third-order valence-electron chi connectivity index (χ3n) is 2.51. The lowest BCUT2D eigenvalue weighted by atomic mass is 10.2. The van der Waals surface area contributed by atoms with E-state index in [0.29, 0.717) is 12.2 Å². The first-order chi connectivity index (χ1) is 8.36. The molecule has 0 aliphatic carbocycles. The van der Waals surface area contributed by atoms with E-state index in [4.69, 9.17) is 4.74 Å². The molecule has 0 unspecified atom stereocenters. The van der Waals surface area contributed by atoms with Crippen LogP contribution in [0.4, 0.5) is 0 Å². The minimum atomic E-state index is -0.262. The summed E-state index contributed by atoms with van der Waals surface area (Å²) in [6, 6.07) is 9.04. The van der Waals surface area contributed by atoms with Gasteiger partial charge in [-0.25, -0.2) is 4.79 Å². The number of nitrogens with zero attached hydrogens (tertiary/aromatic N) is 1. The highest BCUT2D eigenvalue weighted by Gasteiger charge is 2.06. The van der Waals surface area contributed by atoms with E-state index in [1.54, 1.807) is 12.1 Å². The Labute approximate surface area is 101 Å². The van der Waals surface area contributed by atoms with Crippen molar-refractivity contribution in [1.29, 1.82) is 0 Å². The van der Waals surface area contributed by atoms with Crippen LogP contribution >= 0.6 is 0 Å². The van der Waals surface area contributed by atoms with E-state index in [0.717, 1.165) is 13.1 Å². The normalized spacial score (nSPS) is 13.8. The summed E-state index contributed by atoms with van der Waals surface area (Å²) in [5.74, 6) is -0.262. The van der Waals surface area contributed by atoms with E-state index < -0.39 is 0 Å². The molecule has 3 heteroatoms. The first-order valence-electron chi connectivity index (χ1n) is 5.66. The van der Waals surface area contributed by atoms with E-state index in [1.807, 2.05) is 36.6 Å². The van der Waals surface area contributed by atoms with Crippen molar-refractivity contribution in [3.8, 4) is 0 Å². The van der Waals surface area contributed by atoms with Gasteiger partial charge in [0.1, 0.15) is 6.61 Å². The molecule has 1 aliphatic heterocycles. The van der Waals surface area contributed by atoms with Crippen LogP contribution < -0.4 is 0 Å². The van der Waals surface area contributed by atoms with E-state index in [-0.39, 0.29) is 5.97 Å². The fourth-order valence-electron chi connectivity index (χ4n) is 1.59. The summed E-state index contributed by atoms with van der Waals surface area (Å²) in [4.78, 5) is 13.7. The summed E-state index contributed by atoms with van der Waals surface area (Å²) in [5.41, 5.74) is 0.599. The molecule has 2 rings (SSSR count). The molecule has 0 saturated heterocycles. The third kappa shape index (κ3) is 3.48. The van der Waals surface area contributed by atoms with E-state index >= 15 is 0 Å². The van der Waals surface area contributed by atoms with Crippen LogP contribution in [-0.4, -0.2) is 30.6 Å². The minimum absolute atomic E-state index is 0.262. The molecule has 17 heavy (non-hydrogen) atoms. The van der Waals surface area contributed by atoms with Crippen molar-refractivity contribution in [3.05, 3.63) is 60.3 Å². The number of carbonyl (C=O) groups excluding carboxylic acids is 1. The van der Waals surface area contributed by atoms with Gasteiger partial charge in [0.15, 0.2) is 0 Å². The Kier molecular flexibility index (Phi) is 3.97. The molecule has 0 bridgehead atoms. The quantitative estimate of drug-likeness (QED) is 0.741. The molecule has 0 amide bonds. The Morgan fingerprint density at radius 2 is 2.06 bits per heavy atom. The maximum Gasteiger partial charge on any atom is 0.338 e. The number of ether oxygens (including phenoxy) is 1. The first kappa shape index (κ1) is 11.5. The van der Waals surface area contributed by atoms with Crippen LogP contribution in [0.25, 0.3) is 0 Å². The van der Waals surface area contributed by atoms with Crippen LogP contribution in [0.1, 0.15) is 10.4 Å². The third-order valence-corrected chi connectivity index (χ3v) is 2.51. The van der Waals surface area contributed by atoms with Crippen LogP contribution in [0, 0.1) is 0 Å². The summed E-state index contributed by atoms with van der Waals surface area (Å²) in [5, 5.41) is 0. The zero-order valence-corrected chi connectivity index (χ0v) is 9.58. The predicted molar refractivity (Wildman–Crippen MR) is 66.6 cm³/mol. The second-order valence-corrected chi connectivity index (χ2v) is 3.77. The van der Waals surface area contributed by atoms with Gasteiger partial charge < -0.3 is 9.64 Å². The smallest absolute Gasteiger partial charge is 0.338 e. The molecule has 0 aromatic heterocycles. The molecular weight excluding hydrogens is 214 g/mol. The fourth-order valence-corrected chi connectivity index (χ4v) is 1.59. The summed E-state index contributed by atoms with van der Waals surface area (Å²) < 4.78 is 5.19. The van der Waals surface area contributed by atoms with E-state index in [1.165, 1.54) is 0 Å². The Morgan fingerprint density at radius 1 is 1.24 bits per heavy atom. The summed E-state index contributed by atoms with van der Waals surface area (Å²) in [6.07, 6.45) is 8.05. The molecule has 0 saturated carbocycles. The number of benzene rings is 1. The van der Waals surface area contributed by atoms with Crippen molar-refractivity contribution >= 4 is 5.97 Å². The number of hydrogen-bond acceptors (Lipinski definition) is 3. The second-order valence-electron chi connectivity index (χ2n) is 3.77. The largest absolute Gasteiger partial charge is 0.460 e. The average Bonchev–Trinajstić information content (AvgIpc) is 2.41. The number of carbonyl (C=O) groups is 1. The molecule has 1 aromatic rings. The lowest BCUT2D eigenvalue weighted by Gasteiger charge is -2.19. The summed E-state index contributed by atoms with van der Waals surface area (Å²) in [7, 11) is 0. The van der Waals surface area contributed by atoms with Gasteiger partial charge in [-0.2, -0.15) is 0 Å². The molecule has 0 fully saturated rings. The highest BCUT2D eigenvalue weighted by atomic mass is 16.5. The van der Waals surface area contributed by atoms with Crippen molar-refractivity contribution in [1.82, 2.24) is 4.90 Å². The van der Waals surface area contributed by atoms with Crippen molar-refractivity contribution < 1.29 is 9.53 Å². The van der Waals surface area contributed by atoms with Gasteiger partial charge in [0.2, 0.25) is 0 Å². The number of hydrogen-bond donors (Lipinski definition) is 0. The van der Waals surface area contributed by atoms with Gasteiger partial charge in [0, 0.05) is 6.54 Å². The van der Waals surface area contributed by atoms with Crippen molar-refractivity contribution in [2.45, 2.75) is 0 Å². The minimum Gasteiger partial charge on any atom is -0.460 e. The lowest BCUT2D eigenvalue weighted by molar-refractivity contribution is 0.0483. The van der Waals surface area contributed by atoms with Gasteiger partial charge in [0.05, 0.1) is 12.1 Å². The van der Waals surface area contributed by atoms with Crippen molar-refractivity contribution in [3.63, 3.8) is 0 Å². The highest BCUT2D eigenvalue weighted by molar-refractivity contribution is 5.89. The lowest BCUT2D eigenvalue weighted by Crippen LogP contribution is -2.24. The van der Waals surface area contributed by atoms with Gasteiger partial charge in [-0.1, -0.05) is 30.4 Å². The zero-order chi connectivity index (χ0) is 11.9. The van der Waals surface area contributed by atoms with Crippen LogP contribution in [0.2, 0.25) is 0 Å². The summed E-state index contributed by atoms with van der Waals surface area (Å²) in [6.45, 7) is 2.00. The molecule has 0 radical (unpaired) electrons. The van der Waals surface area contributed by atoms with Crippen molar-refractivity contribution in [2.75, 3.05) is 19.7 Å². The Morgan fingerprint density at radius 3 is 2.76 bits per heavy atom. The Hall–Kier alpha value is -2.03. The fraction of sp³-hybridized carbons (Fsp3) is 0.214. The molecule has 1 heterocycles. The Bertz CT molecular complexity index is 423. The van der Waals surface area contributed by atoms with Gasteiger partial charge in [-0.15, -0.1) is 0 Å². The van der Waals surface area contributed by atoms with E-state index in [9.17, 15) is 4.79 Å². The monoisotopic (exact) mass is 229 g/mol. The standard InChI is InChI=1S/C14H15NO2/c16-14(13-7-3-1-4-8-13)17-12-11-15-9-5-2-6-10-15/h1-9H,10-12H2. The number of esters is 1. The van der Waals surface area contributed by atoms with Gasteiger partial charge in [-0.05, 0) is 24.4 Å². The Balaban J connectivity index is 1.74. The number of rotatable bonds is 4. The van der Waals surface area contributed by atoms with Crippen LogP contribution in [0.5, 0.6) is 0 Å². The molecule has 1 aliphatic rings. The van der Waals surface area contributed by atoms with Gasteiger partial charge in [-0.3, -0.25) is 0 Å². The van der Waals surface area contributed by atoms with Gasteiger partial charge in [0.25, 0.3) is 0 Å². The molecular formula is C14H15NO2. The highest BCUT2D eigenvalue weighted by Crippen LogP contribution is 2.02. The average molecular weight is 229 g/mol. The molecule has 0 N–H and O–H groups in total. The van der Waals surface area contributed by atoms with Crippen LogP contribution in [0.15, 0.2) is 54.8 Å². The summed E-state index contributed by atoms with van der Waals surface area (Å²) >= 11 is 0. The van der Waals surface area contributed by atoms with Crippen LogP contribution in [-0.2, 0) is 4.74 Å².